The standard InChI is InChI=1S/C21H20ClN3O2/c1-14-4-2-10-23-19(14)21(26)25-11-3-5-18(25)20-24-13-17(27-20)12-15-6-8-16(22)9-7-15/h2,4,6-10,13,18H,3,5,11-12H2,1H3/t18-/m1/s1. The van der Waals surface area contributed by atoms with Crippen LogP contribution in [0.25, 0.3) is 0 Å². The first-order valence-electron chi connectivity index (χ1n) is 9.03. The molecule has 6 heteroatoms. The summed E-state index contributed by atoms with van der Waals surface area (Å²) in [6.07, 6.45) is 5.82. The first kappa shape index (κ1) is 17.7. The number of rotatable bonds is 4. The molecular weight excluding hydrogens is 362 g/mol. The summed E-state index contributed by atoms with van der Waals surface area (Å²) >= 11 is 5.93. The van der Waals surface area contributed by atoms with Gasteiger partial charge in [0.1, 0.15) is 17.5 Å². The van der Waals surface area contributed by atoms with Crippen LogP contribution in [0.15, 0.2) is 53.2 Å². The number of carbonyl (C=O) groups excluding carboxylic acids is 1. The maximum Gasteiger partial charge on any atom is 0.273 e. The molecule has 1 atom stereocenters. The Balaban J connectivity index is 1.52. The van der Waals surface area contributed by atoms with E-state index in [0.717, 1.165) is 29.7 Å². The van der Waals surface area contributed by atoms with E-state index in [1.807, 2.05) is 48.2 Å². The van der Waals surface area contributed by atoms with Gasteiger partial charge < -0.3 is 9.32 Å². The van der Waals surface area contributed by atoms with Crippen LogP contribution in [0.3, 0.4) is 0 Å². The van der Waals surface area contributed by atoms with Crippen molar-refractivity contribution in [2.24, 2.45) is 0 Å². The number of hydrogen-bond donors (Lipinski definition) is 0. The Labute approximate surface area is 163 Å². The third-order valence-electron chi connectivity index (χ3n) is 4.87. The number of amides is 1. The number of halogens is 1. The van der Waals surface area contributed by atoms with Crippen molar-refractivity contribution in [2.75, 3.05) is 6.54 Å². The zero-order valence-corrected chi connectivity index (χ0v) is 15.8. The van der Waals surface area contributed by atoms with Gasteiger partial charge in [-0.15, -0.1) is 0 Å². The van der Waals surface area contributed by atoms with Crippen molar-refractivity contribution in [2.45, 2.75) is 32.2 Å². The molecule has 1 aliphatic rings. The highest BCUT2D eigenvalue weighted by Gasteiger charge is 2.34. The summed E-state index contributed by atoms with van der Waals surface area (Å²) in [5.41, 5.74) is 2.48. The molecule has 0 N–H and O–H groups in total. The van der Waals surface area contributed by atoms with E-state index in [-0.39, 0.29) is 11.9 Å². The Hall–Kier alpha value is -2.66. The van der Waals surface area contributed by atoms with E-state index >= 15 is 0 Å². The van der Waals surface area contributed by atoms with E-state index in [2.05, 4.69) is 9.97 Å². The number of likely N-dealkylation sites (tertiary alicyclic amines) is 1. The van der Waals surface area contributed by atoms with Crippen LogP contribution in [0.2, 0.25) is 5.02 Å². The molecular formula is C21H20ClN3O2. The van der Waals surface area contributed by atoms with Crippen LogP contribution >= 0.6 is 11.6 Å². The monoisotopic (exact) mass is 381 g/mol. The second-order valence-corrected chi connectivity index (χ2v) is 7.23. The average molecular weight is 382 g/mol. The normalized spacial score (nSPS) is 16.7. The molecule has 0 saturated carbocycles. The van der Waals surface area contributed by atoms with E-state index < -0.39 is 0 Å². The lowest BCUT2D eigenvalue weighted by molar-refractivity contribution is 0.0708. The van der Waals surface area contributed by atoms with Gasteiger partial charge >= 0.3 is 0 Å². The Morgan fingerprint density at radius 2 is 2.07 bits per heavy atom. The van der Waals surface area contributed by atoms with Gasteiger partial charge in [0.15, 0.2) is 0 Å². The molecule has 3 heterocycles. The highest BCUT2D eigenvalue weighted by atomic mass is 35.5. The van der Waals surface area contributed by atoms with Gasteiger partial charge in [-0.3, -0.25) is 9.78 Å². The van der Waals surface area contributed by atoms with E-state index in [9.17, 15) is 4.79 Å². The first-order valence-corrected chi connectivity index (χ1v) is 9.41. The van der Waals surface area contributed by atoms with Crippen molar-refractivity contribution in [3.8, 4) is 0 Å². The van der Waals surface area contributed by atoms with Crippen molar-refractivity contribution in [3.63, 3.8) is 0 Å². The zero-order chi connectivity index (χ0) is 18.8. The molecule has 27 heavy (non-hydrogen) atoms. The summed E-state index contributed by atoms with van der Waals surface area (Å²) < 4.78 is 5.99. The molecule has 5 nitrogen and oxygen atoms in total. The van der Waals surface area contributed by atoms with Crippen LogP contribution in [0, 0.1) is 6.92 Å². The van der Waals surface area contributed by atoms with Crippen molar-refractivity contribution in [1.82, 2.24) is 14.9 Å². The van der Waals surface area contributed by atoms with Gasteiger partial charge in [0, 0.05) is 24.2 Å². The van der Waals surface area contributed by atoms with Gasteiger partial charge in [-0.1, -0.05) is 29.8 Å². The highest BCUT2D eigenvalue weighted by Crippen LogP contribution is 2.33. The summed E-state index contributed by atoms with van der Waals surface area (Å²) in [5, 5.41) is 0.710. The lowest BCUT2D eigenvalue weighted by atomic mass is 10.1. The molecule has 4 rings (SSSR count). The van der Waals surface area contributed by atoms with Crippen LogP contribution in [-0.2, 0) is 6.42 Å². The fourth-order valence-corrected chi connectivity index (χ4v) is 3.60. The highest BCUT2D eigenvalue weighted by molar-refractivity contribution is 6.30. The van der Waals surface area contributed by atoms with Crippen LogP contribution in [0.5, 0.6) is 0 Å². The fraction of sp³-hybridized carbons (Fsp3) is 0.286. The molecule has 1 saturated heterocycles. The van der Waals surface area contributed by atoms with E-state index in [4.69, 9.17) is 16.0 Å². The molecule has 0 bridgehead atoms. The van der Waals surface area contributed by atoms with Gasteiger partial charge in [0.25, 0.3) is 5.91 Å². The topological polar surface area (TPSA) is 59.2 Å². The summed E-state index contributed by atoms with van der Waals surface area (Å²) in [6, 6.07) is 11.3. The largest absolute Gasteiger partial charge is 0.443 e. The Kier molecular flexibility index (Phi) is 4.94. The lowest BCUT2D eigenvalue weighted by Gasteiger charge is -2.22. The zero-order valence-electron chi connectivity index (χ0n) is 15.1. The number of oxazole rings is 1. The van der Waals surface area contributed by atoms with Gasteiger partial charge in [0.05, 0.1) is 6.20 Å². The molecule has 0 radical (unpaired) electrons. The summed E-state index contributed by atoms with van der Waals surface area (Å²) in [4.78, 5) is 23.5. The Morgan fingerprint density at radius 3 is 2.85 bits per heavy atom. The van der Waals surface area contributed by atoms with E-state index in [1.54, 1.807) is 12.4 Å². The Morgan fingerprint density at radius 1 is 1.26 bits per heavy atom. The van der Waals surface area contributed by atoms with Gasteiger partial charge in [-0.05, 0) is 49.1 Å². The number of hydrogen-bond acceptors (Lipinski definition) is 4. The molecule has 138 valence electrons. The molecule has 1 amide bonds. The minimum Gasteiger partial charge on any atom is -0.443 e. The first-order chi connectivity index (χ1) is 13.1. The molecule has 0 unspecified atom stereocenters. The number of carbonyl (C=O) groups is 1. The van der Waals surface area contributed by atoms with E-state index in [0.29, 0.717) is 29.6 Å². The number of pyridine rings is 1. The van der Waals surface area contributed by atoms with Crippen LogP contribution < -0.4 is 0 Å². The number of nitrogens with zero attached hydrogens (tertiary/aromatic N) is 3. The SMILES string of the molecule is Cc1cccnc1C(=O)N1CCC[C@@H]1c1ncc(Cc2ccc(Cl)cc2)o1. The summed E-state index contributed by atoms with van der Waals surface area (Å²) in [6.45, 7) is 2.59. The van der Waals surface area contributed by atoms with Crippen molar-refractivity contribution in [1.29, 1.82) is 0 Å². The smallest absolute Gasteiger partial charge is 0.273 e. The quantitative estimate of drug-likeness (QED) is 0.662. The fourth-order valence-electron chi connectivity index (χ4n) is 3.47. The van der Waals surface area contributed by atoms with Crippen molar-refractivity contribution in [3.05, 3.63) is 82.3 Å². The van der Waals surface area contributed by atoms with Crippen LogP contribution in [0.4, 0.5) is 0 Å². The molecule has 3 aromatic rings. The van der Waals surface area contributed by atoms with Crippen LogP contribution in [0.1, 0.15) is 52.1 Å². The van der Waals surface area contributed by atoms with Gasteiger partial charge in [0.2, 0.25) is 5.89 Å². The minimum atomic E-state index is -0.141. The molecule has 0 spiro atoms. The van der Waals surface area contributed by atoms with Gasteiger partial charge in [-0.2, -0.15) is 0 Å². The average Bonchev–Trinajstić information content (AvgIpc) is 3.32. The van der Waals surface area contributed by atoms with Crippen molar-refractivity contribution >= 4 is 17.5 Å². The predicted octanol–water partition coefficient (Wildman–Crippen LogP) is 4.60. The maximum atomic E-state index is 13.0. The summed E-state index contributed by atoms with van der Waals surface area (Å²) in [7, 11) is 0. The third kappa shape index (κ3) is 3.74. The molecule has 0 aliphatic carbocycles. The molecule has 1 fully saturated rings. The van der Waals surface area contributed by atoms with E-state index in [1.165, 1.54) is 0 Å². The molecule has 2 aromatic heterocycles. The molecule has 1 aromatic carbocycles. The third-order valence-corrected chi connectivity index (χ3v) is 5.13. The molecule has 1 aliphatic heterocycles. The second kappa shape index (κ2) is 7.53. The number of benzene rings is 1. The lowest BCUT2D eigenvalue weighted by Crippen LogP contribution is -2.31. The maximum absolute atomic E-state index is 13.0. The number of aryl methyl sites for hydroxylation is 1. The van der Waals surface area contributed by atoms with Crippen LogP contribution in [-0.4, -0.2) is 27.3 Å². The predicted molar refractivity (Wildman–Crippen MR) is 103 cm³/mol. The minimum absolute atomic E-state index is 0.0620. The number of aromatic nitrogens is 2. The van der Waals surface area contributed by atoms with Crippen molar-refractivity contribution < 1.29 is 9.21 Å². The summed E-state index contributed by atoms with van der Waals surface area (Å²) in [5.74, 6) is 1.31. The Bertz CT molecular complexity index is 952. The van der Waals surface area contributed by atoms with Gasteiger partial charge in [-0.25, -0.2) is 4.98 Å². The second-order valence-electron chi connectivity index (χ2n) is 6.79.